The van der Waals surface area contributed by atoms with Crippen LogP contribution in [0.3, 0.4) is 0 Å². The number of aliphatic imine (C=N–C) groups is 1. The lowest BCUT2D eigenvalue weighted by atomic mass is 10.0. The number of carboxylic acid groups (broad SMARTS) is 1. The second kappa shape index (κ2) is 7.33. The van der Waals surface area contributed by atoms with Gasteiger partial charge in [0.2, 0.25) is 11.9 Å². The number of carboxylic acids is 1. The summed E-state index contributed by atoms with van der Waals surface area (Å²) in [6.07, 6.45) is 0. The zero-order chi connectivity index (χ0) is 19.6. The van der Waals surface area contributed by atoms with Gasteiger partial charge in [-0.2, -0.15) is 0 Å². The van der Waals surface area contributed by atoms with Crippen molar-refractivity contribution in [3.05, 3.63) is 64.8 Å². The SMILES string of the molecule is C/C(=N\C(=N)Nc1nc(C)c2cc(C)ccc2n1)c1ccccc1C(=O)O. The second-order valence-corrected chi connectivity index (χ2v) is 6.17. The molecule has 7 heteroatoms. The molecular formula is C20H19N5O2. The van der Waals surface area contributed by atoms with E-state index in [2.05, 4.69) is 20.3 Å². The second-order valence-electron chi connectivity index (χ2n) is 6.17. The molecule has 2 aromatic carbocycles. The number of anilines is 1. The average Bonchev–Trinajstić information content (AvgIpc) is 2.62. The fraction of sp³-hybridized carbons (Fsp3) is 0.150. The summed E-state index contributed by atoms with van der Waals surface area (Å²) in [6.45, 7) is 5.55. The fourth-order valence-corrected chi connectivity index (χ4v) is 2.80. The van der Waals surface area contributed by atoms with Gasteiger partial charge in [-0.3, -0.25) is 10.7 Å². The molecule has 0 amide bonds. The van der Waals surface area contributed by atoms with Gasteiger partial charge in [0.1, 0.15) is 0 Å². The third-order valence-electron chi connectivity index (χ3n) is 4.10. The number of carbonyl (C=O) groups is 1. The van der Waals surface area contributed by atoms with Gasteiger partial charge in [-0.1, -0.05) is 29.8 Å². The van der Waals surface area contributed by atoms with Crippen LogP contribution in [-0.4, -0.2) is 32.7 Å². The van der Waals surface area contributed by atoms with Crippen LogP contribution in [-0.2, 0) is 0 Å². The van der Waals surface area contributed by atoms with E-state index in [1.54, 1.807) is 25.1 Å². The highest BCUT2D eigenvalue weighted by molar-refractivity contribution is 6.12. The summed E-state index contributed by atoms with van der Waals surface area (Å²) in [7, 11) is 0. The van der Waals surface area contributed by atoms with Crippen LogP contribution < -0.4 is 5.32 Å². The van der Waals surface area contributed by atoms with Crippen molar-refractivity contribution in [3.8, 4) is 0 Å². The molecule has 0 atom stereocenters. The van der Waals surface area contributed by atoms with E-state index >= 15 is 0 Å². The largest absolute Gasteiger partial charge is 0.478 e. The highest BCUT2D eigenvalue weighted by atomic mass is 16.4. The normalized spacial score (nSPS) is 11.4. The van der Waals surface area contributed by atoms with Crippen molar-refractivity contribution in [1.29, 1.82) is 5.41 Å². The van der Waals surface area contributed by atoms with Crippen molar-refractivity contribution in [3.63, 3.8) is 0 Å². The summed E-state index contributed by atoms with van der Waals surface area (Å²) in [4.78, 5) is 24.3. The van der Waals surface area contributed by atoms with Crippen molar-refractivity contribution in [2.45, 2.75) is 20.8 Å². The Morgan fingerprint density at radius 1 is 1.11 bits per heavy atom. The van der Waals surface area contributed by atoms with E-state index in [1.807, 2.05) is 32.0 Å². The first-order valence-corrected chi connectivity index (χ1v) is 8.33. The van der Waals surface area contributed by atoms with Crippen LogP contribution in [0.4, 0.5) is 5.95 Å². The first-order valence-electron chi connectivity index (χ1n) is 8.33. The van der Waals surface area contributed by atoms with Gasteiger partial charge in [-0.25, -0.2) is 19.8 Å². The van der Waals surface area contributed by atoms with Crippen LogP contribution in [0.1, 0.15) is 34.1 Å². The molecule has 0 saturated heterocycles. The summed E-state index contributed by atoms with van der Waals surface area (Å²) < 4.78 is 0. The molecule has 0 saturated carbocycles. The van der Waals surface area contributed by atoms with Gasteiger partial charge in [0.15, 0.2) is 0 Å². The number of benzene rings is 2. The Balaban J connectivity index is 1.87. The monoisotopic (exact) mass is 361 g/mol. The van der Waals surface area contributed by atoms with Gasteiger partial charge in [0, 0.05) is 16.7 Å². The molecule has 0 fully saturated rings. The predicted octanol–water partition coefficient (Wildman–Crippen LogP) is 3.80. The molecule has 3 N–H and O–H groups in total. The van der Waals surface area contributed by atoms with Crippen LogP contribution in [0.25, 0.3) is 10.9 Å². The number of aromatic carboxylic acids is 1. The maximum absolute atomic E-state index is 11.3. The number of aromatic nitrogens is 2. The van der Waals surface area contributed by atoms with E-state index in [0.29, 0.717) is 11.3 Å². The predicted molar refractivity (Wildman–Crippen MR) is 106 cm³/mol. The number of aryl methyl sites for hydroxylation is 2. The molecule has 3 aromatic rings. The molecule has 1 aromatic heterocycles. The Bertz CT molecular complexity index is 1090. The first kappa shape index (κ1) is 18.2. The maximum Gasteiger partial charge on any atom is 0.336 e. The number of nitrogens with one attached hydrogen (secondary N) is 2. The summed E-state index contributed by atoms with van der Waals surface area (Å²) in [6, 6.07) is 12.4. The number of hydrogen-bond acceptors (Lipinski definition) is 4. The highest BCUT2D eigenvalue weighted by Gasteiger charge is 2.12. The lowest BCUT2D eigenvalue weighted by Gasteiger charge is -2.09. The molecule has 1 heterocycles. The van der Waals surface area contributed by atoms with Gasteiger partial charge in [-0.05, 0) is 39.0 Å². The first-order chi connectivity index (χ1) is 12.8. The molecule has 0 bridgehead atoms. The van der Waals surface area contributed by atoms with Gasteiger partial charge in [0.05, 0.1) is 16.8 Å². The molecular weight excluding hydrogens is 342 g/mol. The molecule has 0 aliphatic carbocycles. The number of rotatable bonds is 3. The number of hydrogen-bond donors (Lipinski definition) is 3. The van der Waals surface area contributed by atoms with Crippen molar-refractivity contribution in [2.75, 3.05) is 5.32 Å². The van der Waals surface area contributed by atoms with E-state index < -0.39 is 5.97 Å². The molecule has 0 aliphatic rings. The van der Waals surface area contributed by atoms with Crippen molar-refractivity contribution in [2.24, 2.45) is 4.99 Å². The molecule has 0 spiro atoms. The van der Waals surface area contributed by atoms with Crippen LogP contribution in [0.15, 0.2) is 47.5 Å². The minimum atomic E-state index is -1.04. The van der Waals surface area contributed by atoms with Crippen LogP contribution in [0.2, 0.25) is 0 Å². The van der Waals surface area contributed by atoms with Gasteiger partial charge in [0.25, 0.3) is 0 Å². The minimum Gasteiger partial charge on any atom is -0.478 e. The molecule has 0 unspecified atom stereocenters. The average molecular weight is 361 g/mol. The molecule has 136 valence electrons. The molecule has 0 radical (unpaired) electrons. The maximum atomic E-state index is 11.3. The molecule has 3 rings (SSSR count). The molecule has 7 nitrogen and oxygen atoms in total. The van der Waals surface area contributed by atoms with Gasteiger partial charge in [-0.15, -0.1) is 0 Å². The summed E-state index contributed by atoms with van der Waals surface area (Å²) in [5.41, 5.74) is 3.72. The van der Waals surface area contributed by atoms with Crippen LogP contribution in [0, 0.1) is 19.3 Å². The van der Waals surface area contributed by atoms with E-state index in [1.165, 1.54) is 6.07 Å². The zero-order valence-corrected chi connectivity index (χ0v) is 15.2. The Morgan fingerprint density at radius 2 is 1.81 bits per heavy atom. The topological polar surface area (TPSA) is 111 Å². The summed E-state index contributed by atoms with van der Waals surface area (Å²) in [5.74, 6) is -0.932. The Labute approximate surface area is 156 Å². The number of guanidine groups is 1. The quantitative estimate of drug-likeness (QED) is 0.485. The van der Waals surface area contributed by atoms with Crippen LogP contribution in [0.5, 0.6) is 0 Å². The Hall–Kier alpha value is -3.61. The van der Waals surface area contributed by atoms with E-state index in [9.17, 15) is 9.90 Å². The highest BCUT2D eigenvalue weighted by Crippen LogP contribution is 2.18. The van der Waals surface area contributed by atoms with Crippen molar-refractivity contribution in [1.82, 2.24) is 9.97 Å². The number of fused-ring (bicyclic) bond motifs is 1. The fourth-order valence-electron chi connectivity index (χ4n) is 2.80. The summed E-state index contributed by atoms with van der Waals surface area (Å²) >= 11 is 0. The standard InChI is InChI=1S/C20H19N5O2/c1-11-8-9-17-16(10-11)13(3)23-20(24-17)25-19(21)22-12(2)14-6-4-5-7-15(14)18(26)27/h4-10H,1-3H3,(H,26,27)(H2,21,23,24,25)/b22-12+. The van der Waals surface area contributed by atoms with Gasteiger partial charge >= 0.3 is 5.97 Å². The molecule has 27 heavy (non-hydrogen) atoms. The van der Waals surface area contributed by atoms with E-state index in [0.717, 1.165) is 22.2 Å². The summed E-state index contributed by atoms with van der Waals surface area (Å²) in [5, 5.41) is 21.1. The third-order valence-corrected chi connectivity index (χ3v) is 4.10. The third kappa shape index (κ3) is 3.98. The van der Waals surface area contributed by atoms with Crippen LogP contribution >= 0.6 is 0 Å². The molecule has 0 aliphatic heterocycles. The lowest BCUT2D eigenvalue weighted by molar-refractivity contribution is 0.0696. The zero-order valence-electron chi connectivity index (χ0n) is 15.2. The number of nitrogens with zero attached hydrogens (tertiary/aromatic N) is 3. The lowest BCUT2D eigenvalue weighted by Crippen LogP contribution is -2.15. The Morgan fingerprint density at radius 3 is 2.52 bits per heavy atom. The van der Waals surface area contributed by atoms with E-state index in [4.69, 9.17) is 5.41 Å². The minimum absolute atomic E-state index is 0.139. The Kier molecular flexibility index (Phi) is 4.94. The smallest absolute Gasteiger partial charge is 0.336 e. The van der Waals surface area contributed by atoms with E-state index in [-0.39, 0.29) is 17.5 Å². The van der Waals surface area contributed by atoms with Gasteiger partial charge < -0.3 is 5.11 Å². The van der Waals surface area contributed by atoms with Crippen molar-refractivity contribution < 1.29 is 9.90 Å². The van der Waals surface area contributed by atoms with Crippen molar-refractivity contribution >= 4 is 34.5 Å².